The van der Waals surface area contributed by atoms with E-state index in [0.717, 1.165) is 6.54 Å². The highest BCUT2D eigenvalue weighted by atomic mass is 32.1. The maximum atomic E-state index is 5.64. The summed E-state index contributed by atoms with van der Waals surface area (Å²) in [7, 11) is 1.86. The molecule has 0 unspecified atom stereocenters. The van der Waals surface area contributed by atoms with Crippen LogP contribution < -0.4 is 10.2 Å². The van der Waals surface area contributed by atoms with Crippen LogP contribution in [0.25, 0.3) is 0 Å². The average Bonchev–Trinajstić information content (AvgIpc) is 2.96. The summed E-state index contributed by atoms with van der Waals surface area (Å²) >= 11 is 1.74. The number of rotatable bonds is 6. The first kappa shape index (κ1) is 13.0. The molecule has 0 aliphatic rings. The number of aromatic nitrogens is 2. The van der Waals surface area contributed by atoms with Crippen LogP contribution in [0.2, 0.25) is 0 Å². The van der Waals surface area contributed by atoms with Crippen LogP contribution >= 0.6 is 11.3 Å². The van der Waals surface area contributed by atoms with E-state index in [9.17, 15) is 0 Å². The molecule has 2 aromatic heterocycles. The minimum absolute atomic E-state index is 0.315. The fourth-order valence-corrected chi connectivity index (χ4v) is 2.33. The van der Waals surface area contributed by atoms with Gasteiger partial charge in [0.2, 0.25) is 5.89 Å². The van der Waals surface area contributed by atoms with Gasteiger partial charge in [0.05, 0.1) is 13.1 Å². The summed E-state index contributed by atoms with van der Waals surface area (Å²) in [5.41, 5.74) is 0. The second-order valence-electron chi connectivity index (χ2n) is 4.31. The molecule has 0 spiro atoms. The zero-order valence-corrected chi connectivity index (χ0v) is 11.7. The van der Waals surface area contributed by atoms with E-state index in [1.165, 1.54) is 4.88 Å². The van der Waals surface area contributed by atoms with Crippen molar-refractivity contribution in [2.75, 3.05) is 11.9 Å². The van der Waals surface area contributed by atoms with Gasteiger partial charge in [-0.25, -0.2) is 0 Å². The Morgan fingerprint density at radius 2 is 2.28 bits per heavy atom. The average molecular weight is 266 g/mol. The van der Waals surface area contributed by atoms with Crippen molar-refractivity contribution >= 4 is 17.4 Å². The van der Waals surface area contributed by atoms with E-state index in [4.69, 9.17) is 4.42 Å². The van der Waals surface area contributed by atoms with Crippen molar-refractivity contribution in [2.24, 2.45) is 0 Å². The summed E-state index contributed by atoms with van der Waals surface area (Å²) in [5.74, 6) is 0.615. The third kappa shape index (κ3) is 3.08. The van der Waals surface area contributed by atoms with Gasteiger partial charge in [0.15, 0.2) is 0 Å². The molecule has 2 rings (SSSR count). The lowest BCUT2D eigenvalue weighted by Gasteiger charge is -2.23. The second-order valence-corrected chi connectivity index (χ2v) is 5.34. The van der Waals surface area contributed by atoms with Crippen molar-refractivity contribution in [1.82, 2.24) is 15.5 Å². The third-order valence-electron chi connectivity index (χ3n) is 2.56. The summed E-state index contributed by atoms with van der Waals surface area (Å²) in [6.45, 7) is 5.64. The number of anilines is 1. The highest BCUT2D eigenvalue weighted by Crippen LogP contribution is 2.20. The standard InChI is InChI=1S/C12H18N4OS/c1-9(2)16(8-10-5-4-6-18-10)12-15-14-11(17-12)7-13-3/h4-6,9,13H,7-8H2,1-3H3. The van der Waals surface area contributed by atoms with Gasteiger partial charge in [0.1, 0.15) is 0 Å². The lowest BCUT2D eigenvalue weighted by atomic mass is 10.3. The van der Waals surface area contributed by atoms with E-state index in [1.54, 1.807) is 11.3 Å². The molecule has 0 saturated heterocycles. The number of nitrogens with zero attached hydrogens (tertiary/aromatic N) is 3. The summed E-state index contributed by atoms with van der Waals surface area (Å²) < 4.78 is 5.64. The topological polar surface area (TPSA) is 54.2 Å². The predicted molar refractivity (Wildman–Crippen MR) is 72.7 cm³/mol. The van der Waals surface area contributed by atoms with Gasteiger partial charge in [-0.15, -0.1) is 16.4 Å². The fourth-order valence-electron chi connectivity index (χ4n) is 1.62. The van der Waals surface area contributed by atoms with Crippen molar-refractivity contribution < 1.29 is 4.42 Å². The second kappa shape index (κ2) is 5.97. The van der Waals surface area contributed by atoms with E-state index in [1.807, 2.05) is 7.05 Å². The van der Waals surface area contributed by atoms with Crippen LogP contribution in [-0.4, -0.2) is 23.3 Å². The first-order chi connectivity index (χ1) is 8.70. The summed E-state index contributed by atoms with van der Waals surface area (Å²) in [6.07, 6.45) is 0. The van der Waals surface area contributed by atoms with Crippen molar-refractivity contribution in [1.29, 1.82) is 0 Å². The van der Waals surface area contributed by atoms with E-state index in [0.29, 0.717) is 24.5 Å². The first-order valence-corrected chi connectivity index (χ1v) is 6.84. The predicted octanol–water partition coefficient (Wildman–Crippen LogP) is 2.27. The SMILES string of the molecule is CNCc1nnc(N(Cc2cccs2)C(C)C)o1. The Hall–Kier alpha value is -1.40. The van der Waals surface area contributed by atoms with Gasteiger partial charge >= 0.3 is 6.01 Å². The Labute approximate surface area is 111 Å². The Bertz CT molecular complexity index is 466. The molecule has 2 aromatic rings. The Morgan fingerprint density at radius 3 is 2.89 bits per heavy atom. The number of thiophene rings is 1. The van der Waals surface area contributed by atoms with Crippen molar-refractivity contribution in [3.05, 3.63) is 28.3 Å². The molecule has 2 heterocycles. The van der Waals surface area contributed by atoms with Gasteiger partial charge in [-0.1, -0.05) is 11.2 Å². The molecule has 0 aliphatic carbocycles. The molecular formula is C12H18N4OS. The molecule has 0 aromatic carbocycles. The zero-order chi connectivity index (χ0) is 13.0. The van der Waals surface area contributed by atoms with E-state index in [-0.39, 0.29) is 0 Å². The molecule has 5 nitrogen and oxygen atoms in total. The minimum atomic E-state index is 0.315. The minimum Gasteiger partial charge on any atom is -0.407 e. The third-order valence-corrected chi connectivity index (χ3v) is 3.42. The van der Waals surface area contributed by atoms with Crippen LogP contribution in [-0.2, 0) is 13.1 Å². The van der Waals surface area contributed by atoms with Crippen LogP contribution in [0.4, 0.5) is 6.01 Å². The molecule has 1 N–H and O–H groups in total. The molecule has 0 aliphatic heterocycles. The molecule has 0 radical (unpaired) electrons. The van der Waals surface area contributed by atoms with E-state index < -0.39 is 0 Å². The lowest BCUT2D eigenvalue weighted by Crippen LogP contribution is -2.30. The quantitative estimate of drug-likeness (QED) is 0.869. The monoisotopic (exact) mass is 266 g/mol. The van der Waals surface area contributed by atoms with Gasteiger partial charge in [-0.2, -0.15) is 0 Å². The molecule has 0 amide bonds. The van der Waals surface area contributed by atoms with E-state index >= 15 is 0 Å². The Balaban J connectivity index is 2.13. The smallest absolute Gasteiger partial charge is 0.318 e. The fraction of sp³-hybridized carbons (Fsp3) is 0.500. The summed E-state index contributed by atoms with van der Waals surface area (Å²) in [6, 6.07) is 5.07. The molecule has 98 valence electrons. The molecule has 0 bridgehead atoms. The highest BCUT2D eigenvalue weighted by molar-refractivity contribution is 7.09. The summed E-state index contributed by atoms with van der Waals surface area (Å²) in [5, 5.41) is 13.2. The zero-order valence-electron chi connectivity index (χ0n) is 10.9. The molecule has 0 saturated carbocycles. The largest absolute Gasteiger partial charge is 0.407 e. The maximum absolute atomic E-state index is 5.64. The normalized spacial score (nSPS) is 11.1. The van der Waals surface area contributed by atoms with Gasteiger partial charge in [-0.3, -0.25) is 0 Å². The Morgan fingerprint density at radius 1 is 1.44 bits per heavy atom. The van der Waals surface area contributed by atoms with E-state index in [2.05, 4.69) is 51.8 Å². The van der Waals surface area contributed by atoms with Crippen LogP contribution in [0.5, 0.6) is 0 Å². The number of nitrogens with one attached hydrogen (secondary N) is 1. The van der Waals surface area contributed by atoms with Crippen LogP contribution in [0.3, 0.4) is 0 Å². The summed E-state index contributed by atoms with van der Waals surface area (Å²) in [4.78, 5) is 3.40. The van der Waals surface area contributed by atoms with Gasteiger partial charge < -0.3 is 14.6 Å². The van der Waals surface area contributed by atoms with Crippen molar-refractivity contribution in [2.45, 2.75) is 33.0 Å². The maximum Gasteiger partial charge on any atom is 0.318 e. The van der Waals surface area contributed by atoms with Crippen molar-refractivity contribution in [3.8, 4) is 0 Å². The van der Waals surface area contributed by atoms with Crippen LogP contribution in [0, 0.1) is 0 Å². The molecule has 0 atom stereocenters. The van der Waals surface area contributed by atoms with Gasteiger partial charge in [0, 0.05) is 10.9 Å². The van der Waals surface area contributed by atoms with Crippen LogP contribution in [0.15, 0.2) is 21.9 Å². The molecule has 6 heteroatoms. The highest BCUT2D eigenvalue weighted by Gasteiger charge is 2.18. The lowest BCUT2D eigenvalue weighted by molar-refractivity contribution is 0.459. The van der Waals surface area contributed by atoms with Crippen molar-refractivity contribution in [3.63, 3.8) is 0 Å². The molecule has 0 fully saturated rings. The first-order valence-electron chi connectivity index (χ1n) is 5.96. The van der Waals surface area contributed by atoms with Gasteiger partial charge in [-0.05, 0) is 32.3 Å². The molecule has 18 heavy (non-hydrogen) atoms. The molecular weight excluding hydrogens is 248 g/mol. The number of hydrogen-bond acceptors (Lipinski definition) is 6. The Kier molecular flexibility index (Phi) is 4.33. The van der Waals surface area contributed by atoms with Crippen LogP contribution in [0.1, 0.15) is 24.6 Å². The number of hydrogen-bond donors (Lipinski definition) is 1. The van der Waals surface area contributed by atoms with Gasteiger partial charge in [0.25, 0.3) is 0 Å².